The van der Waals surface area contributed by atoms with E-state index >= 15 is 0 Å². The standard InChI is InChI=1S/C20H18O4/c1-11(2)6-5-7-12-10-15(21)16-17(18(12)22)20(24)14-9-4-3-8-13(14)19(16)23/h3-4,6,8-10,21-22H,5,7H2,1-2H3. The van der Waals surface area contributed by atoms with E-state index in [1.54, 1.807) is 24.3 Å². The molecule has 0 heterocycles. The number of phenolic OH excluding ortho intramolecular Hbond substituents is 2. The number of benzene rings is 2. The molecule has 24 heavy (non-hydrogen) atoms. The van der Waals surface area contributed by atoms with Crippen LogP contribution in [0.25, 0.3) is 0 Å². The molecule has 0 bridgehead atoms. The number of hydrogen-bond donors (Lipinski definition) is 2. The lowest BCUT2D eigenvalue weighted by atomic mass is 9.81. The van der Waals surface area contributed by atoms with Gasteiger partial charge in [-0.05, 0) is 38.3 Å². The van der Waals surface area contributed by atoms with Crippen molar-refractivity contribution in [3.63, 3.8) is 0 Å². The fourth-order valence-corrected chi connectivity index (χ4v) is 3.02. The van der Waals surface area contributed by atoms with E-state index in [0.29, 0.717) is 18.4 Å². The number of phenols is 2. The largest absolute Gasteiger partial charge is 0.507 e. The van der Waals surface area contributed by atoms with E-state index in [9.17, 15) is 19.8 Å². The molecule has 0 unspecified atom stereocenters. The molecule has 0 amide bonds. The lowest BCUT2D eigenvalue weighted by molar-refractivity contribution is 0.0974. The molecule has 0 aliphatic heterocycles. The molecule has 0 fully saturated rings. The van der Waals surface area contributed by atoms with Crippen LogP contribution in [0.5, 0.6) is 11.5 Å². The minimum Gasteiger partial charge on any atom is -0.507 e. The van der Waals surface area contributed by atoms with Crippen molar-refractivity contribution in [1.82, 2.24) is 0 Å². The molecule has 3 rings (SSSR count). The first kappa shape index (κ1) is 16.0. The molecule has 0 saturated heterocycles. The van der Waals surface area contributed by atoms with Crippen molar-refractivity contribution in [2.45, 2.75) is 26.7 Å². The summed E-state index contributed by atoms with van der Waals surface area (Å²) in [6.07, 6.45) is 3.16. The summed E-state index contributed by atoms with van der Waals surface area (Å²) in [6, 6.07) is 7.83. The maximum atomic E-state index is 12.7. The van der Waals surface area contributed by atoms with Crippen LogP contribution < -0.4 is 0 Å². The Morgan fingerprint density at radius 1 is 1.00 bits per heavy atom. The monoisotopic (exact) mass is 322 g/mol. The Kier molecular flexibility index (Phi) is 3.97. The Morgan fingerprint density at radius 2 is 1.58 bits per heavy atom. The molecule has 1 aliphatic rings. The molecule has 2 N–H and O–H groups in total. The molecule has 0 aromatic heterocycles. The predicted octanol–water partition coefficient (Wildman–Crippen LogP) is 3.77. The fraction of sp³-hybridized carbons (Fsp3) is 0.200. The van der Waals surface area contributed by atoms with Gasteiger partial charge in [0.05, 0.1) is 11.1 Å². The van der Waals surface area contributed by atoms with Crippen molar-refractivity contribution in [2.24, 2.45) is 0 Å². The number of fused-ring (bicyclic) bond motifs is 2. The van der Waals surface area contributed by atoms with Crippen LogP contribution in [0.1, 0.15) is 57.7 Å². The summed E-state index contributed by atoms with van der Waals surface area (Å²) in [5.74, 6) is -1.35. The second kappa shape index (κ2) is 5.96. The van der Waals surface area contributed by atoms with E-state index in [1.807, 2.05) is 19.9 Å². The second-order valence-corrected chi connectivity index (χ2v) is 6.18. The third kappa shape index (κ3) is 2.50. The van der Waals surface area contributed by atoms with Gasteiger partial charge in [-0.3, -0.25) is 9.59 Å². The average Bonchev–Trinajstić information content (AvgIpc) is 2.55. The molecule has 2 aromatic carbocycles. The molecular weight excluding hydrogens is 304 g/mol. The maximum absolute atomic E-state index is 12.7. The van der Waals surface area contributed by atoms with Crippen LogP contribution in [0.2, 0.25) is 0 Å². The summed E-state index contributed by atoms with van der Waals surface area (Å²) >= 11 is 0. The van der Waals surface area contributed by atoms with Gasteiger partial charge in [0.2, 0.25) is 0 Å². The zero-order valence-corrected chi connectivity index (χ0v) is 13.6. The summed E-state index contributed by atoms with van der Waals surface area (Å²) < 4.78 is 0. The number of aromatic hydroxyl groups is 2. The van der Waals surface area contributed by atoms with Gasteiger partial charge in [-0.2, -0.15) is 0 Å². The Morgan fingerprint density at radius 3 is 2.17 bits per heavy atom. The fourth-order valence-electron chi connectivity index (χ4n) is 3.02. The summed E-state index contributed by atoms with van der Waals surface area (Å²) in [6.45, 7) is 3.95. The number of aryl methyl sites for hydroxylation is 1. The Hall–Kier alpha value is -2.88. The van der Waals surface area contributed by atoms with E-state index in [0.717, 1.165) is 5.57 Å². The number of rotatable bonds is 3. The number of hydrogen-bond acceptors (Lipinski definition) is 4. The van der Waals surface area contributed by atoms with Crippen LogP contribution in [-0.4, -0.2) is 21.8 Å². The minimum atomic E-state index is -0.441. The van der Waals surface area contributed by atoms with Gasteiger partial charge in [-0.25, -0.2) is 0 Å². The van der Waals surface area contributed by atoms with Crippen LogP contribution in [0.3, 0.4) is 0 Å². The summed E-state index contributed by atoms with van der Waals surface area (Å²) in [4.78, 5) is 25.3. The smallest absolute Gasteiger partial charge is 0.198 e. The molecule has 4 nitrogen and oxygen atoms in total. The van der Waals surface area contributed by atoms with E-state index in [2.05, 4.69) is 0 Å². The molecule has 4 heteroatoms. The molecule has 0 spiro atoms. The zero-order chi connectivity index (χ0) is 17.4. The topological polar surface area (TPSA) is 74.6 Å². The van der Waals surface area contributed by atoms with E-state index in [4.69, 9.17) is 0 Å². The molecular formula is C20H18O4. The number of ketones is 2. The Labute approximate surface area is 140 Å². The highest BCUT2D eigenvalue weighted by Gasteiger charge is 2.35. The van der Waals surface area contributed by atoms with Crippen molar-refractivity contribution < 1.29 is 19.8 Å². The number of carbonyl (C=O) groups excluding carboxylic acids is 2. The first-order chi connectivity index (χ1) is 11.4. The van der Waals surface area contributed by atoms with Gasteiger partial charge in [-0.15, -0.1) is 0 Å². The lowest BCUT2D eigenvalue weighted by Crippen LogP contribution is -2.21. The zero-order valence-electron chi connectivity index (χ0n) is 13.6. The van der Waals surface area contributed by atoms with E-state index in [-0.39, 0.29) is 33.8 Å². The van der Waals surface area contributed by atoms with Gasteiger partial charge in [0.1, 0.15) is 11.5 Å². The highest BCUT2D eigenvalue weighted by molar-refractivity contribution is 6.30. The SMILES string of the molecule is CC(C)=CCCc1cc(O)c2c(c1O)C(=O)c1ccccc1C2=O. The van der Waals surface area contributed by atoms with Crippen molar-refractivity contribution in [2.75, 3.05) is 0 Å². The Balaban J connectivity index is 2.13. The van der Waals surface area contributed by atoms with Crippen LogP contribution in [0.4, 0.5) is 0 Å². The number of carbonyl (C=O) groups is 2. The van der Waals surface area contributed by atoms with Crippen molar-refractivity contribution in [3.8, 4) is 11.5 Å². The quantitative estimate of drug-likeness (QED) is 0.568. The predicted molar refractivity (Wildman–Crippen MR) is 90.8 cm³/mol. The third-order valence-corrected chi connectivity index (χ3v) is 4.19. The van der Waals surface area contributed by atoms with E-state index in [1.165, 1.54) is 6.07 Å². The van der Waals surface area contributed by atoms with Crippen molar-refractivity contribution >= 4 is 11.6 Å². The van der Waals surface area contributed by atoms with Gasteiger partial charge in [0.25, 0.3) is 0 Å². The highest BCUT2D eigenvalue weighted by Crippen LogP contribution is 2.40. The molecule has 0 atom stereocenters. The summed E-state index contributed by atoms with van der Waals surface area (Å²) in [7, 11) is 0. The second-order valence-electron chi connectivity index (χ2n) is 6.18. The van der Waals surface area contributed by atoms with Gasteiger partial charge in [0, 0.05) is 11.1 Å². The van der Waals surface area contributed by atoms with Crippen LogP contribution in [0, 0.1) is 0 Å². The van der Waals surface area contributed by atoms with Crippen LogP contribution in [-0.2, 0) is 6.42 Å². The molecule has 1 aliphatic carbocycles. The molecule has 2 aromatic rings. The van der Waals surface area contributed by atoms with Crippen molar-refractivity contribution in [3.05, 3.63) is 69.8 Å². The lowest BCUT2D eigenvalue weighted by Gasteiger charge is -2.20. The van der Waals surface area contributed by atoms with Gasteiger partial charge < -0.3 is 10.2 Å². The normalized spacial score (nSPS) is 12.6. The third-order valence-electron chi connectivity index (χ3n) is 4.19. The Bertz CT molecular complexity index is 887. The van der Waals surface area contributed by atoms with Crippen LogP contribution in [0.15, 0.2) is 42.0 Å². The summed E-state index contributed by atoms with van der Waals surface area (Å²) in [5, 5.41) is 20.8. The average molecular weight is 322 g/mol. The van der Waals surface area contributed by atoms with Gasteiger partial charge >= 0.3 is 0 Å². The molecule has 0 radical (unpaired) electrons. The first-order valence-electron chi connectivity index (χ1n) is 7.81. The van der Waals surface area contributed by atoms with Gasteiger partial charge in [-0.1, -0.05) is 35.9 Å². The maximum Gasteiger partial charge on any atom is 0.198 e. The van der Waals surface area contributed by atoms with Crippen LogP contribution >= 0.6 is 0 Å². The van der Waals surface area contributed by atoms with E-state index < -0.39 is 11.6 Å². The molecule has 122 valence electrons. The summed E-state index contributed by atoms with van der Waals surface area (Å²) in [5.41, 5.74) is 1.92. The number of allylic oxidation sites excluding steroid dienone is 2. The molecule has 0 saturated carbocycles. The minimum absolute atomic E-state index is 0.0918. The van der Waals surface area contributed by atoms with Gasteiger partial charge in [0.15, 0.2) is 11.6 Å². The van der Waals surface area contributed by atoms with Crippen molar-refractivity contribution in [1.29, 1.82) is 0 Å². The first-order valence-corrected chi connectivity index (χ1v) is 7.81. The highest BCUT2D eigenvalue weighted by atomic mass is 16.3.